The molecule has 1 aromatic rings. The van der Waals surface area contributed by atoms with Crippen LogP contribution in [0.5, 0.6) is 0 Å². The highest BCUT2D eigenvalue weighted by atomic mass is 32.2. The molecule has 1 aliphatic rings. The molecule has 0 radical (unpaired) electrons. The highest BCUT2D eigenvalue weighted by Gasteiger charge is 2.37. The summed E-state index contributed by atoms with van der Waals surface area (Å²) in [7, 11) is 0. The van der Waals surface area contributed by atoms with Crippen molar-refractivity contribution in [2.24, 2.45) is 5.73 Å². The molecule has 2 atom stereocenters. The molecule has 2 unspecified atom stereocenters. The van der Waals surface area contributed by atoms with Gasteiger partial charge in [0.05, 0.1) is 12.3 Å². The topological polar surface area (TPSA) is 39.2 Å². The molecule has 3 heteroatoms. The first-order chi connectivity index (χ1) is 6.22. The third-order valence-electron chi connectivity index (χ3n) is 2.76. The molecular weight excluding hydrogens is 182 g/mol. The Hall–Kier alpha value is -0.410. The van der Waals surface area contributed by atoms with Gasteiger partial charge in [-0.05, 0) is 37.7 Å². The van der Waals surface area contributed by atoms with Crippen LogP contribution in [0.1, 0.15) is 31.6 Å². The number of furan rings is 1. The average Bonchev–Trinajstić information content (AvgIpc) is 2.73. The van der Waals surface area contributed by atoms with Crippen LogP contribution < -0.4 is 5.73 Å². The molecule has 0 aliphatic carbocycles. The molecule has 1 aromatic heterocycles. The molecule has 0 amide bonds. The van der Waals surface area contributed by atoms with E-state index in [-0.39, 0.29) is 10.8 Å². The lowest BCUT2D eigenvalue weighted by Crippen LogP contribution is -2.32. The smallest absolute Gasteiger partial charge is 0.121 e. The summed E-state index contributed by atoms with van der Waals surface area (Å²) in [5.41, 5.74) is 6.16. The molecule has 72 valence electrons. The molecule has 0 bridgehead atoms. The van der Waals surface area contributed by atoms with Crippen LogP contribution in [-0.2, 0) is 0 Å². The summed E-state index contributed by atoms with van der Waals surface area (Å²) in [6.07, 6.45) is 4.16. The number of hydrogen-bond donors (Lipinski definition) is 1. The van der Waals surface area contributed by atoms with Gasteiger partial charge in [-0.2, -0.15) is 11.8 Å². The van der Waals surface area contributed by atoms with Crippen molar-refractivity contribution in [2.75, 3.05) is 5.75 Å². The minimum absolute atomic E-state index is 0.0370. The van der Waals surface area contributed by atoms with Gasteiger partial charge >= 0.3 is 0 Å². The summed E-state index contributed by atoms with van der Waals surface area (Å²) in [6, 6.07) is 3.91. The van der Waals surface area contributed by atoms with E-state index in [0.29, 0.717) is 0 Å². The summed E-state index contributed by atoms with van der Waals surface area (Å²) in [5.74, 6) is 2.14. The number of hydrogen-bond acceptors (Lipinski definition) is 3. The van der Waals surface area contributed by atoms with E-state index in [9.17, 15) is 0 Å². The predicted octanol–water partition coefficient (Wildman–Crippen LogP) is 2.57. The maximum atomic E-state index is 6.16. The summed E-state index contributed by atoms with van der Waals surface area (Å²) in [6.45, 7) is 2.23. The van der Waals surface area contributed by atoms with Gasteiger partial charge < -0.3 is 10.2 Å². The zero-order valence-corrected chi connectivity index (χ0v) is 8.64. The van der Waals surface area contributed by atoms with E-state index in [1.54, 1.807) is 6.26 Å². The lowest BCUT2D eigenvalue weighted by atomic mass is 9.95. The van der Waals surface area contributed by atoms with Crippen molar-refractivity contribution >= 4 is 11.8 Å². The first-order valence-electron chi connectivity index (χ1n) is 4.65. The molecular formula is C10H15NOS. The second kappa shape index (κ2) is 3.39. The fourth-order valence-corrected chi connectivity index (χ4v) is 3.15. The van der Waals surface area contributed by atoms with E-state index in [0.717, 1.165) is 5.76 Å². The van der Waals surface area contributed by atoms with Crippen molar-refractivity contribution < 1.29 is 4.42 Å². The van der Waals surface area contributed by atoms with E-state index in [1.165, 1.54) is 18.6 Å². The zero-order chi connectivity index (χ0) is 9.31. The van der Waals surface area contributed by atoms with Crippen molar-refractivity contribution in [3.05, 3.63) is 24.2 Å². The standard InChI is InChI=1S/C10H15NOS/c1-10(5-3-7-13-10)9(11)8-4-2-6-12-8/h2,4,6,9H,3,5,7,11H2,1H3. The molecule has 2 N–H and O–H groups in total. The molecule has 2 rings (SSSR count). The Morgan fingerprint density at radius 3 is 3.08 bits per heavy atom. The largest absolute Gasteiger partial charge is 0.468 e. The van der Waals surface area contributed by atoms with Gasteiger partial charge in [-0.15, -0.1) is 0 Å². The van der Waals surface area contributed by atoms with Gasteiger partial charge in [0, 0.05) is 4.75 Å². The van der Waals surface area contributed by atoms with Crippen molar-refractivity contribution in [3.63, 3.8) is 0 Å². The van der Waals surface area contributed by atoms with Crippen LogP contribution in [0.15, 0.2) is 22.8 Å². The first kappa shape index (κ1) is 9.16. The fourth-order valence-electron chi connectivity index (χ4n) is 1.82. The molecule has 2 heterocycles. The van der Waals surface area contributed by atoms with Gasteiger partial charge in [0.15, 0.2) is 0 Å². The van der Waals surface area contributed by atoms with Gasteiger partial charge in [-0.1, -0.05) is 0 Å². The van der Waals surface area contributed by atoms with Crippen LogP contribution in [0.3, 0.4) is 0 Å². The minimum Gasteiger partial charge on any atom is -0.468 e. The fraction of sp³-hybridized carbons (Fsp3) is 0.600. The highest BCUT2D eigenvalue weighted by molar-refractivity contribution is 8.00. The summed E-state index contributed by atoms with van der Waals surface area (Å²) in [4.78, 5) is 0. The van der Waals surface area contributed by atoms with Crippen molar-refractivity contribution in [1.29, 1.82) is 0 Å². The zero-order valence-electron chi connectivity index (χ0n) is 7.82. The van der Waals surface area contributed by atoms with Crippen LogP contribution in [0, 0.1) is 0 Å². The maximum Gasteiger partial charge on any atom is 0.121 e. The van der Waals surface area contributed by atoms with Crippen LogP contribution in [0.25, 0.3) is 0 Å². The van der Waals surface area contributed by atoms with Gasteiger partial charge in [0.1, 0.15) is 5.76 Å². The molecule has 13 heavy (non-hydrogen) atoms. The van der Waals surface area contributed by atoms with Gasteiger partial charge in [-0.3, -0.25) is 0 Å². The molecule has 1 aliphatic heterocycles. The van der Waals surface area contributed by atoms with E-state index in [1.807, 2.05) is 23.9 Å². The summed E-state index contributed by atoms with van der Waals surface area (Å²) >= 11 is 1.97. The molecule has 0 spiro atoms. The Morgan fingerprint density at radius 1 is 1.69 bits per heavy atom. The van der Waals surface area contributed by atoms with Crippen molar-refractivity contribution in [2.45, 2.75) is 30.6 Å². The number of rotatable bonds is 2. The van der Waals surface area contributed by atoms with E-state index < -0.39 is 0 Å². The molecule has 0 saturated carbocycles. The average molecular weight is 197 g/mol. The Bertz CT molecular complexity index is 264. The SMILES string of the molecule is CC1(C(N)c2ccco2)CCCS1. The van der Waals surface area contributed by atoms with Crippen molar-refractivity contribution in [3.8, 4) is 0 Å². The van der Waals surface area contributed by atoms with Crippen LogP contribution >= 0.6 is 11.8 Å². The van der Waals surface area contributed by atoms with E-state index in [4.69, 9.17) is 10.2 Å². The molecule has 0 aromatic carbocycles. The summed E-state index contributed by atoms with van der Waals surface area (Å²) in [5, 5.41) is 0. The quantitative estimate of drug-likeness (QED) is 0.792. The van der Waals surface area contributed by atoms with Crippen LogP contribution in [-0.4, -0.2) is 10.5 Å². The highest BCUT2D eigenvalue weighted by Crippen LogP contribution is 2.45. The predicted molar refractivity (Wildman–Crippen MR) is 55.7 cm³/mol. The van der Waals surface area contributed by atoms with Crippen molar-refractivity contribution in [1.82, 2.24) is 0 Å². The normalized spacial score (nSPS) is 30.6. The third-order valence-corrected chi connectivity index (χ3v) is 4.37. The van der Waals surface area contributed by atoms with Gasteiger partial charge in [0.25, 0.3) is 0 Å². The first-order valence-corrected chi connectivity index (χ1v) is 5.64. The minimum atomic E-state index is 0.0370. The lowest BCUT2D eigenvalue weighted by Gasteiger charge is -2.28. The Labute approximate surface area is 82.9 Å². The Morgan fingerprint density at radius 2 is 2.54 bits per heavy atom. The number of thioether (sulfide) groups is 1. The lowest BCUT2D eigenvalue weighted by molar-refractivity contribution is 0.403. The second-order valence-corrected chi connectivity index (χ2v) is 5.39. The van der Waals surface area contributed by atoms with Gasteiger partial charge in [0.2, 0.25) is 0 Å². The Kier molecular flexibility index (Phi) is 2.39. The molecule has 1 saturated heterocycles. The van der Waals surface area contributed by atoms with Gasteiger partial charge in [-0.25, -0.2) is 0 Å². The number of nitrogens with two attached hydrogens (primary N) is 1. The molecule has 2 nitrogen and oxygen atoms in total. The van der Waals surface area contributed by atoms with E-state index >= 15 is 0 Å². The monoisotopic (exact) mass is 197 g/mol. The van der Waals surface area contributed by atoms with Crippen LogP contribution in [0.2, 0.25) is 0 Å². The maximum absolute atomic E-state index is 6.16. The third kappa shape index (κ3) is 1.63. The van der Waals surface area contributed by atoms with E-state index in [2.05, 4.69) is 6.92 Å². The van der Waals surface area contributed by atoms with Crippen LogP contribution in [0.4, 0.5) is 0 Å². The molecule has 1 fully saturated rings. The summed E-state index contributed by atoms with van der Waals surface area (Å²) < 4.78 is 5.51. The Balaban J connectivity index is 2.16. The second-order valence-electron chi connectivity index (χ2n) is 3.76.